The molecular weight excluding hydrogens is 420 g/mol. The van der Waals surface area contributed by atoms with Gasteiger partial charge in [-0.1, -0.05) is 105 Å². The molecule has 0 heteroatoms. The molecule has 4 aromatic carbocycles. The van der Waals surface area contributed by atoms with Crippen molar-refractivity contribution < 1.29 is 0 Å². The van der Waals surface area contributed by atoms with Gasteiger partial charge < -0.3 is 0 Å². The maximum atomic E-state index is 3.28. The van der Waals surface area contributed by atoms with Crippen molar-refractivity contribution in [3.63, 3.8) is 0 Å². The smallest absolute Gasteiger partial charge is 0.0249 e. The van der Waals surface area contributed by atoms with Gasteiger partial charge in [0.25, 0.3) is 0 Å². The Kier molecular flexibility index (Phi) is 7.88. The first-order valence-corrected chi connectivity index (χ1v) is 12.3. The van der Waals surface area contributed by atoms with E-state index in [-0.39, 0.29) is 5.41 Å². The molecule has 0 saturated heterocycles. The topological polar surface area (TPSA) is 0 Å². The van der Waals surface area contributed by atoms with E-state index >= 15 is 0 Å². The highest BCUT2D eigenvalue weighted by molar-refractivity contribution is 5.44. The molecule has 4 rings (SSSR count). The summed E-state index contributed by atoms with van der Waals surface area (Å²) in [7, 11) is 0. The lowest BCUT2D eigenvalue weighted by Gasteiger charge is -2.31. The minimum Gasteiger partial charge on any atom is -0.0622 e. The van der Waals surface area contributed by atoms with Crippen LogP contribution in [-0.4, -0.2) is 0 Å². The number of hydrogen-bond acceptors (Lipinski definition) is 0. The summed E-state index contributed by atoms with van der Waals surface area (Å²) in [6.45, 7) is 7.03. The summed E-state index contributed by atoms with van der Waals surface area (Å²) in [6.07, 6.45) is 2.09. The minimum absolute atomic E-state index is 0.206. The van der Waals surface area contributed by atoms with Crippen molar-refractivity contribution in [2.24, 2.45) is 11.3 Å². The molecule has 0 spiro atoms. The molecule has 0 aromatic heterocycles. The molecule has 0 amide bonds. The van der Waals surface area contributed by atoms with Crippen molar-refractivity contribution in [1.29, 1.82) is 0 Å². The Hall–Kier alpha value is -4.00. The Balaban J connectivity index is 1.42. The first-order valence-electron chi connectivity index (χ1n) is 12.3. The van der Waals surface area contributed by atoms with Gasteiger partial charge in [-0.25, -0.2) is 0 Å². The number of hydrogen-bond donors (Lipinski definition) is 0. The fraction of sp³-hybridized carbons (Fsp3) is 0.200. The van der Waals surface area contributed by atoms with E-state index in [0.29, 0.717) is 5.92 Å². The fourth-order valence-corrected chi connectivity index (χ4v) is 4.03. The monoisotopic (exact) mass is 452 g/mol. The zero-order chi connectivity index (χ0) is 24.5. The number of benzene rings is 4. The van der Waals surface area contributed by atoms with E-state index in [0.717, 1.165) is 35.1 Å². The molecule has 0 radical (unpaired) electrons. The minimum atomic E-state index is 0.206. The number of rotatable bonds is 4. The Morgan fingerprint density at radius 1 is 0.457 bits per heavy atom. The van der Waals surface area contributed by atoms with Crippen LogP contribution in [0.15, 0.2) is 109 Å². The lowest BCUT2D eigenvalue weighted by Crippen LogP contribution is -2.25. The van der Waals surface area contributed by atoms with Gasteiger partial charge in [0.2, 0.25) is 0 Å². The van der Waals surface area contributed by atoms with Crippen LogP contribution in [0, 0.1) is 35.0 Å². The Morgan fingerprint density at radius 3 is 1.09 bits per heavy atom. The van der Waals surface area contributed by atoms with E-state index < -0.39 is 0 Å². The van der Waals surface area contributed by atoms with E-state index in [1.807, 2.05) is 60.7 Å². The SMILES string of the molecule is CC(C)(C)C(Cc1ccc(C#Cc2ccccc2)cc1)Cc1ccc(C#Cc2ccccc2)cc1. The van der Waals surface area contributed by atoms with Gasteiger partial charge in [-0.15, -0.1) is 0 Å². The third-order valence-electron chi connectivity index (χ3n) is 6.35. The second-order valence-corrected chi connectivity index (χ2v) is 10.1. The molecule has 0 aliphatic carbocycles. The molecule has 0 bridgehead atoms. The summed E-state index contributed by atoms with van der Waals surface area (Å²) >= 11 is 0. The van der Waals surface area contributed by atoms with Crippen LogP contribution in [0.4, 0.5) is 0 Å². The molecule has 0 aliphatic heterocycles. The van der Waals surface area contributed by atoms with Crippen LogP contribution in [0.3, 0.4) is 0 Å². The van der Waals surface area contributed by atoms with Gasteiger partial charge in [-0.05, 0) is 83.8 Å². The van der Waals surface area contributed by atoms with E-state index in [2.05, 4.69) is 93.0 Å². The Bertz CT molecular complexity index is 1230. The predicted molar refractivity (Wildman–Crippen MR) is 148 cm³/mol. The second-order valence-electron chi connectivity index (χ2n) is 10.1. The van der Waals surface area contributed by atoms with Crippen molar-refractivity contribution in [2.75, 3.05) is 0 Å². The zero-order valence-electron chi connectivity index (χ0n) is 20.9. The van der Waals surface area contributed by atoms with Gasteiger partial charge in [0, 0.05) is 22.3 Å². The molecule has 0 aliphatic rings. The molecular formula is C35H32. The van der Waals surface area contributed by atoms with E-state index in [9.17, 15) is 0 Å². The van der Waals surface area contributed by atoms with Crippen LogP contribution in [0.25, 0.3) is 0 Å². The van der Waals surface area contributed by atoms with Gasteiger partial charge >= 0.3 is 0 Å². The summed E-state index contributed by atoms with van der Waals surface area (Å²) in [6, 6.07) is 37.8. The van der Waals surface area contributed by atoms with Crippen molar-refractivity contribution in [2.45, 2.75) is 33.6 Å². The van der Waals surface area contributed by atoms with Crippen LogP contribution in [-0.2, 0) is 12.8 Å². The van der Waals surface area contributed by atoms with Crippen LogP contribution in [0.5, 0.6) is 0 Å². The maximum Gasteiger partial charge on any atom is 0.0249 e. The normalized spacial score (nSPS) is 10.7. The van der Waals surface area contributed by atoms with Gasteiger partial charge in [-0.3, -0.25) is 0 Å². The summed E-state index contributed by atoms with van der Waals surface area (Å²) in [5, 5.41) is 0. The molecule has 0 atom stereocenters. The highest BCUT2D eigenvalue weighted by Crippen LogP contribution is 2.32. The molecule has 35 heavy (non-hydrogen) atoms. The molecule has 0 saturated carbocycles. The Labute approximate surface area is 211 Å². The average Bonchev–Trinajstić information content (AvgIpc) is 2.88. The molecule has 0 nitrogen and oxygen atoms in total. The van der Waals surface area contributed by atoms with Crippen LogP contribution < -0.4 is 0 Å². The molecule has 4 aromatic rings. The summed E-state index contributed by atoms with van der Waals surface area (Å²) < 4.78 is 0. The van der Waals surface area contributed by atoms with Crippen molar-refractivity contribution in [3.05, 3.63) is 143 Å². The van der Waals surface area contributed by atoms with E-state index in [1.165, 1.54) is 11.1 Å². The standard InChI is InChI=1S/C35H32/c1-35(2,3)34(26-32-22-18-30(19-23-32)16-14-28-10-6-4-7-11-28)27-33-24-20-31(21-25-33)17-15-29-12-8-5-9-13-29/h4-13,18-25,34H,26-27H2,1-3H3. The summed E-state index contributed by atoms with van der Waals surface area (Å²) in [5.41, 5.74) is 7.12. The van der Waals surface area contributed by atoms with Gasteiger partial charge in [0.1, 0.15) is 0 Å². The van der Waals surface area contributed by atoms with Crippen molar-refractivity contribution in [3.8, 4) is 23.7 Å². The van der Waals surface area contributed by atoms with E-state index in [4.69, 9.17) is 0 Å². The third-order valence-corrected chi connectivity index (χ3v) is 6.35. The quantitative estimate of drug-likeness (QED) is 0.276. The third kappa shape index (κ3) is 7.50. The molecule has 0 fully saturated rings. The predicted octanol–water partition coefficient (Wildman–Crippen LogP) is 7.93. The maximum absolute atomic E-state index is 3.28. The van der Waals surface area contributed by atoms with Crippen LogP contribution in [0.2, 0.25) is 0 Å². The second kappa shape index (κ2) is 11.4. The van der Waals surface area contributed by atoms with Gasteiger partial charge in [0.05, 0.1) is 0 Å². The first-order chi connectivity index (χ1) is 17.0. The highest BCUT2D eigenvalue weighted by Gasteiger charge is 2.25. The highest BCUT2D eigenvalue weighted by atomic mass is 14.3. The van der Waals surface area contributed by atoms with Crippen LogP contribution in [0.1, 0.15) is 54.2 Å². The zero-order valence-corrected chi connectivity index (χ0v) is 20.9. The molecule has 0 unspecified atom stereocenters. The molecule has 0 heterocycles. The summed E-state index contributed by atoms with van der Waals surface area (Å²) in [5.74, 6) is 13.6. The Morgan fingerprint density at radius 2 is 0.771 bits per heavy atom. The molecule has 0 N–H and O–H groups in total. The lowest BCUT2D eigenvalue weighted by molar-refractivity contribution is 0.237. The first kappa shape index (κ1) is 24.1. The lowest BCUT2D eigenvalue weighted by atomic mass is 9.74. The van der Waals surface area contributed by atoms with Gasteiger partial charge in [-0.2, -0.15) is 0 Å². The largest absolute Gasteiger partial charge is 0.0622 e. The summed E-state index contributed by atoms with van der Waals surface area (Å²) in [4.78, 5) is 0. The van der Waals surface area contributed by atoms with Crippen molar-refractivity contribution >= 4 is 0 Å². The van der Waals surface area contributed by atoms with E-state index in [1.54, 1.807) is 0 Å². The van der Waals surface area contributed by atoms with Crippen LogP contribution >= 0.6 is 0 Å². The molecule has 172 valence electrons. The van der Waals surface area contributed by atoms with Gasteiger partial charge in [0.15, 0.2) is 0 Å². The fourth-order valence-electron chi connectivity index (χ4n) is 4.03. The van der Waals surface area contributed by atoms with Crippen molar-refractivity contribution in [1.82, 2.24) is 0 Å². The average molecular weight is 453 g/mol.